The van der Waals surface area contributed by atoms with Gasteiger partial charge in [-0.3, -0.25) is 0 Å². The number of aryl methyl sites for hydroxylation is 1. The average Bonchev–Trinajstić information content (AvgIpc) is 2.24. The Morgan fingerprint density at radius 2 is 1.70 bits per heavy atom. The highest BCUT2D eigenvalue weighted by molar-refractivity contribution is 5.82. The van der Waals surface area contributed by atoms with Crippen molar-refractivity contribution in [3.05, 3.63) is 45.3 Å². The maximum Gasteiger partial charge on any atom is 0.423 e. The molecule has 0 radical (unpaired) electrons. The minimum absolute atomic E-state index is 0.0933. The summed E-state index contributed by atoms with van der Waals surface area (Å²) in [5.74, 6) is 0. The molecule has 2 nitrogen and oxygen atoms in total. The quantitative estimate of drug-likeness (QED) is 0.670. The van der Waals surface area contributed by atoms with Gasteiger partial charge < -0.3 is 4.42 Å². The minimum Gasteiger partial charge on any atom is -0.422 e. The van der Waals surface area contributed by atoms with Crippen LogP contribution in [0.2, 0.25) is 0 Å². The maximum absolute atomic E-state index is 12.8. The maximum atomic E-state index is 12.8. The van der Waals surface area contributed by atoms with Crippen LogP contribution in [0, 0.1) is 6.92 Å². The third-order valence-corrected chi connectivity index (χ3v) is 3.32. The lowest BCUT2D eigenvalue weighted by Crippen LogP contribution is -2.20. The Balaban J connectivity index is 2.81. The van der Waals surface area contributed by atoms with E-state index in [1.807, 2.05) is 20.8 Å². The highest BCUT2D eigenvalue weighted by atomic mass is 19.4. The van der Waals surface area contributed by atoms with Crippen molar-refractivity contribution in [2.24, 2.45) is 0 Å². The van der Waals surface area contributed by atoms with Crippen LogP contribution in [0.25, 0.3) is 11.0 Å². The highest BCUT2D eigenvalue weighted by Crippen LogP contribution is 2.33. The fraction of sp³-hybridized carbons (Fsp3) is 0.400. The molecule has 0 amide bonds. The molecule has 1 aromatic heterocycles. The van der Waals surface area contributed by atoms with Gasteiger partial charge in [0, 0.05) is 5.39 Å². The van der Waals surface area contributed by atoms with Crippen LogP contribution in [0.15, 0.2) is 27.4 Å². The molecule has 1 heterocycles. The lowest BCUT2D eigenvalue weighted by atomic mass is 9.86. The molecule has 0 saturated heterocycles. The van der Waals surface area contributed by atoms with Crippen molar-refractivity contribution in [1.82, 2.24) is 0 Å². The Labute approximate surface area is 114 Å². The Hall–Kier alpha value is -1.78. The van der Waals surface area contributed by atoms with E-state index in [2.05, 4.69) is 0 Å². The van der Waals surface area contributed by atoms with E-state index in [4.69, 9.17) is 4.42 Å². The molecule has 2 aromatic rings. The molecule has 108 valence electrons. The van der Waals surface area contributed by atoms with E-state index in [1.165, 1.54) is 6.92 Å². The number of halogens is 3. The first-order valence-corrected chi connectivity index (χ1v) is 6.17. The Morgan fingerprint density at radius 1 is 1.10 bits per heavy atom. The van der Waals surface area contributed by atoms with Crippen molar-refractivity contribution in [1.29, 1.82) is 0 Å². The monoisotopic (exact) mass is 284 g/mol. The third kappa shape index (κ3) is 2.44. The van der Waals surface area contributed by atoms with Gasteiger partial charge >= 0.3 is 11.8 Å². The second-order valence-electron chi connectivity index (χ2n) is 5.85. The van der Waals surface area contributed by atoms with Gasteiger partial charge in [-0.1, -0.05) is 32.9 Å². The van der Waals surface area contributed by atoms with Crippen LogP contribution in [0.5, 0.6) is 0 Å². The molecule has 0 spiro atoms. The van der Waals surface area contributed by atoms with Crippen LogP contribution < -0.4 is 5.63 Å². The van der Waals surface area contributed by atoms with Crippen molar-refractivity contribution < 1.29 is 17.6 Å². The first-order valence-electron chi connectivity index (χ1n) is 6.17. The number of alkyl halides is 3. The van der Waals surface area contributed by atoms with E-state index in [0.717, 1.165) is 5.56 Å². The molecule has 0 atom stereocenters. The lowest BCUT2D eigenvalue weighted by Gasteiger charge is -2.19. The molecule has 0 aliphatic rings. The van der Waals surface area contributed by atoms with Gasteiger partial charge in [-0.25, -0.2) is 4.79 Å². The van der Waals surface area contributed by atoms with Crippen LogP contribution in [0.4, 0.5) is 13.2 Å². The van der Waals surface area contributed by atoms with Gasteiger partial charge in [0.25, 0.3) is 0 Å². The molecule has 1 aromatic carbocycles. The van der Waals surface area contributed by atoms with Gasteiger partial charge in [0.15, 0.2) is 0 Å². The SMILES string of the molecule is Cc1c(C(F)(F)F)c(=O)oc2cc(C(C)(C)C)ccc12. The van der Waals surface area contributed by atoms with Gasteiger partial charge in [-0.15, -0.1) is 0 Å². The molecule has 0 aliphatic carbocycles. The summed E-state index contributed by atoms with van der Waals surface area (Å²) < 4.78 is 43.4. The summed E-state index contributed by atoms with van der Waals surface area (Å²) in [5.41, 5.74) is -1.75. The summed E-state index contributed by atoms with van der Waals surface area (Å²) in [4.78, 5) is 11.6. The average molecular weight is 284 g/mol. The molecule has 0 bridgehead atoms. The van der Waals surface area contributed by atoms with E-state index in [9.17, 15) is 18.0 Å². The summed E-state index contributed by atoms with van der Waals surface area (Å²) in [6, 6.07) is 4.96. The Morgan fingerprint density at radius 3 is 2.20 bits per heavy atom. The molecule has 0 unspecified atom stereocenters. The normalized spacial score (nSPS) is 12.9. The first kappa shape index (κ1) is 14.6. The van der Waals surface area contributed by atoms with E-state index < -0.39 is 17.4 Å². The molecular formula is C15H15F3O2. The number of hydrogen-bond donors (Lipinski definition) is 0. The van der Waals surface area contributed by atoms with Crippen LogP contribution in [0.1, 0.15) is 37.5 Å². The molecule has 0 aliphatic heterocycles. The van der Waals surface area contributed by atoms with Crippen molar-refractivity contribution in [3.8, 4) is 0 Å². The van der Waals surface area contributed by atoms with Crippen molar-refractivity contribution in [2.45, 2.75) is 39.3 Å². The standard InChI is InChI=1S/C15H15F3O2/c1-8-10-6-5-9(14(2,3)4)7-11(10)20-13(19)12(8)15(16,17)18/h5-7H,1-4H3. The van der Waals surface area contributed by atoms with Crippen LogP contribution in [-0.2, 0) is 11.6 Å². The fourth-order valence-electron chi connectivity index (χ4n) is 2.15. The van der Waals surface area contributed by atoms with Gasteiger partial charge in [0.05, 0.1) is 0 Å². The summed E-state index contributed by atoms with van der Waals surface area (Å²) in [6.45, 7) is 7.22. The van der Waals surface area contributed by atoms with Gasteiger partial charge in [-0.05, 0) is 29.5 Å². The first-order chi connectivity index (χ1) is 9.01. The van der Waals surface area contributed by atoms with E-state index in [-0.39, 0.29) is 16.6 Å². The van der Waals surface area contributed by atoms with E-state index >= 15 is 0 Å². The zero-order valence-corrected chi connectivity index (χ0v) is 11.7. The zero-order valence-electron chi connectivity index (χ0n) is 11.7. The fourth-order valence-corrected chi connectivity index (χ4v) is 2.15. The predicted octanol–water partition coefficient (Wildman–Crippen LogP) is 4.42. The highest BCUT2D eigenvalue weighted by Gasteiger charge is 2.37. The smallest absolute Gasteiger partial charge is 0.422 e. The molecular weight excluding hydrogens is 269 g/mol. The van der Waals surface area contributed by atoms with Crippen LogP contribution in [-0.4, -0.2) is 0 Å². The molecule has 20 heavy (non-hydrogen) atoms. The van der Waals surface area contributed by atoms with Crippen molar-refractivity contribution in [2.75, 3.05) is 0 Å². The molecule has 5 heteroatoms. The third-order valence-electron chi connectivity index (χ3n) is 3.32. The molecule has 2 rings (SSSR count). The summed E-state index contributed by atoms with van der Waals surface area (Å²) in [7, 11) is 0. The van der Waals surface area contributed by atoms with Gasteiger partial charge in [0.2, 0.25) is 0 Å². The van der Waals surface area contributed by atoms with E-state index in [1.54, 1.807) is 18.2 Å². The van der Waals surface area contributed by atoms with Crippen LogP contribution >= 0.6 is 0 Å². The molecule has 0 fully saturated rings. The molecule has 0 saturated carbocycles. The van der Waals surface area contributed by atoms with Gasteiger partial charge in [-0.2, -0.15) is 13.2 Å². The Kier molecular flexibility index (Phi) is 3.19. The van der Waals surface area contributed by atoms with Crippen LogP contribution in [0.3, 0.4) is 0 Å². The zero-order chi connectivity index (χ0) is 15.3. The topological polar surface area (TPSA) is 30.2 Å². The second-order valence-corrected chi connectivity index (χ2v) is 5.85. The summed E-state index contributed by atoms with van der Waals surface area (Å²) in [5, 5.41) is 0.310. The Bertz CT molecular complexity index is 719. The van der Waals surface area contributed by atoms with Gasteiger partial charge in [0.1, 0.15) is 11.1 Å². The summed E-state index contributed by atoms with van der Waals surface area (Å²) in [6.07, 6.45) is -4.71. The largest absolute Gasteiger partial charge is 0.423 e. The molecule has 0 N–H and O–H groups in total. The predicted molar refractivity (Wildman–Crippen MR) is 70.9 cm³/mol. The van der Waals surface area contributed by atoms with Crippen molar-refractivity contribution >= 4 is 11.0 Å². The minimum atomic E-state index is -4.71. The number of benzene rings is 1. The van der Waals surface area contributed by atoms with Crippen molar-refractivity contribution in [3.63, 3.8) is 0 Å². The summed E-state index contributed by atoms with van der Waals surface area (Å²) >= 11 is 0. The van der Waals surface area contributed by atoms with E-state index in [0.29, 0.717) is 5.39 Å². The number of fused-ring (bicyclic) bond motifs is 1. The number of rotatable bonds is 0. The second kappa shape index (κ2) is 4.36. The number of hydrogen-bond acceptors (Lipinski definition) is 2. The lowest BCUT2D eigenvalue weighted by molar-refractivity contribution is -0.140.